The number of nitrogens with zero attached hydrogens (tertiary/aromatic N) is 7. The summed E-state index contributed by atoms with van der Waals surface area (Å²) in [6.45, 7) is 12.5. The van der Waals surface area contributed by atoms with Crippen LogP contribution in [0.3, 0.4) is 0 Å². The number of ether oxygens (including phenoxy) is 1. The van der Waals surface area contributed by atoms with Crippen molar-refractivity contribution in [2.45, 2.75) is 56.9 Å². The monoisotopic (exact) mass is 946 g/mol. The number of halogens is 1. The number of fused-ring (bicyclic) bond motifs is 2. The first-order valence-corrected chi connectivity index (χ1v) is 24.9. The standard InChI is InChI=1S/C49H55ClN10O6S/c1-49(2)15-11-35(41(26-49)33-3-5-36(50)6-4-33)30-56-18-20-57(21-19-56)37-7-9-40(44(24-37)59-45-23-34-12-16-51-47(34)54-43(45)28-53-59)48(61)55-67(64,65)39-8-10-42(46(25-39)60(62)63)52-27-32-13-17-58(29-32)38-14-22-66-31-38/h3-10,12,16,23-25,28,32,38,52-53H,11,13-15,17-22,26-27,29-31H2,1-2H3,(H,55,61). The number of anilines is 2. The molecule has 1 amide bonds. The summed E-state index contributed by atoms with van der Waals surface area (Å²) < 4.78 is 37.4. The van der Waals surface area contributed by atoms with Gasteiger partial charge in [0.15, 0.2) is 5.65 Å². The van der Waals surface area contributed by atoms with Crippen LogP contribution in [0.15, 0.2) is 95.7 Å². The zero-order valence-electron chi connectivity index (χ0n) is 37.7. The smallest absolute Gasteiger partial charge is 0.293 e. The van der Waals surface area contributed by atoms with Crippen LogP contribution in [0.25, 0.3) is 33.3 Å². The van der Waals surface area contributed by atoms with Crippen LogP contribution in [-0.2, 0) is 14.8 Å². The highest BCUT2D eigenvalue weighted by molar-refractivity contribution is 7.90. The summed E-state index contributed by atoms with van der Waals surface area (Å²) in [4.78, 5) is 41.8. The predicted octanol–water partition coefficient (Wildman–Crippen LogP) is 7.89. The van der Waals surface area contributed by atoms with E-state index < -0.39 is 31.4 Å². The van der Waals surface area contributed by atoms with Gasteiger partial charge in [0.05, 0.1) is 33.2 Å². The van der Waals surface area contributed by atoms with Crippen LogP contribution < -0.4 is 14.9 Å². The van der Waals surface area contributed by atoms with Crippen LogP contribution in [0, 0.1) is 21.4 Å². The van der Waals surface area contributed by atoms with Gasteiger partial charge in [-0.25, -0.2) is 23.1 Å². The van der Waals surface area contributed by atoms with Crippen molar-refractivity contribution in [1.29, 1.82) is 0 Å². The number of carbonyl (C=O) groups excluding carboxylic acids is 1. The number of sulfonamides is 1. The van der Waals surface area contributed by atoms with Gasteiger partial charge < -0.3 is 15.0 Å². The maximum absolute atomic E-state index is 14.3. The molecule has 4 aliphatic rings. The molecule has 0 saturated carbocycles. The molecule has 1 aliphatic carbocycles. The highest BCUT2D eigenvalue weighted by Gasteiger charge is 2.33. The molecule has 3 aliphatic heterocycles. The summed E-state index contributed by atoms with van der Waals surface area (Å²) in [5, 5.41) is 20.3. The van der Waals surface area contributed by atoms with Gasteiger partial charge in [-0.2, -0.15) is 0 Å². The third kappa shape index (κ3) is 9.52. The normalized spacial score (nSPS) is 20.6. The molecule has 10 rings (SSSR count). The van der Waals surface area contributed by atoms with Gasteiger partial charge in [0.2, 0.25) is 0 Å². The number of rotatable bonds is 13. The maximum atomic E-state index is 14.3. The highest BCUT2D eigenvalue weighted by atomic mass is 35.5. The van der Waals surface area contributed by atoms with Crippen LogP contribution in [0.1, 0.15) is 61.9 Å². The number of carbonyl (C=O) groups is 1. The van der Waals surface area contributed by atoms with Crippen molar-refractivity contribution in [3.63, 3.8) is 0 Å². The molecule has 0 bridgehead atoms. The molecule has 2 atom stereocenters. The van der Waals surface area contributed by atoms with Crippen molar-refractivity contribution in [2.24, 2.45) is 11.3 Å². The van der Waals surface area contributed by atoms with Gasteiger partial charge in [-0.3, -0.25) is 34.5 Å². The first-order chi connectivity index (χ1) is 32.3. The van der Waals surface area contributed by atoms with Crippen molar-refractivity contribution in [3.8, 4) is 5.69 Å². The number of aromatic nitrogens is 4. The molecule has 2 unspecified atom stereocenters. The molecule has 3 N–H and O–H groups in total. The van der Waals surface area contributed by atoms with Crippen molar-refractivity contribution >= 4 is 72.2 Å². The first-order valence-electron chi connectivity index (χ1n) is 23.1. The summed E-state index contributed by atoms with van der Waals surface area (Å²) in [7, 11) is -4.57. The second kappa shape index (κ2) is 18.3. The quantitative estimate of drug-likeness (QED) is 0.0753. The minimum Gasteiger partial charge on any atom is -0.380 e. The Kier molecular flexibility index (Phi) is 12.3. The van der Waals surface area contributed by atoms with Crippen molar-refractivity contribution < 1.29 is 22.9 Å². The van der Waals surface area contributed by atoms with Gasteiger partial charge in [0.1, 0.15) is 11.2 Å². The van der Waals surface area contributed by atoms with Crippen LogP contribution in [-0.4, -0.2) is 120 Å². The van der Waals surface area contributed by atoms with Gasteiger partial charge in [-0.15, -0.1) is 0 Å². The van der Waals surface area contributed by atoms with E-state index in [1.54, 1.807) is 23.1 Å². The molecule has 16 nitrogen and oxygen atoms in total. The van der Waals surface area contributed by atoms with E-state index in [0.29, 0.717) is 35.0 Å². The fourth-order valence-corrected chi connectivity index (χ4v) is 11.4. The molecule has 67 heavy (non-hydrogen) atoms. The zero-order valence-corrected chi connectivity index (χ0v) is 39.3. The number of benzene rings is 3. The van der Waals surface area contributed by atoms with E-state index >= 15 is 0 Å². The number of H-pyrrole nitrogens is 1. The average Bonchev–Trinajstić information content (AvgIpc) is 4.17. The number of nitro benzene ring substituents is 1. The fourth-order valence-electron chi connectivity index (χ4n) is 10.2. The first kappa shape index (κ1) is 45.0. The molecule has 3 aromatic heterocycles. The number of hydrogen-bond acceptors (Lipinski definition) is 12. The lowest BCUT2D eigenvalue weighted by Crippen LogP contribution is -2.47. The Hall–Kier alpha value is -5.85. The van der Waals surface area contributed by atoms with Gasteiger partial charge in [-0.1, -0.05) is 43.2 Å². The van der Waals surface area contributed by atoms with Crippen molar-refractivity contribution in [1.82, 2.24) is 34.3 Å². The summed E-state index contributed by atoms with van der Waals surface area (Å²) in [6, 6.07) is 21.4. The Morgan fingerprint density at radius 1 is 1.01 bits per heavy atom. The van der Waals surface area contributed by atoms with Crippen molar-refractivity contribution in [3.05, 3.63) is 117 Å². The number of nitrogens with one attached hydrogen (secondary N) is 3. The van der Waals surface area contributed by atoms with E-state index in [4.69, 9.17) is 21.3 Å². The molecule has 3 fully saturated rings. The lowest BCUT2D eigenvalue weighted by atomic mass is 9.72. The average molecular weight is 948 g/mol. The topological polar surface area (TPSA) is 184 Å². The van der Waals surface area contributed by atoms with Crippen molar-refractivity contribution in [2.75, 3.05) is 75.8 Å². The molecular weight excluding hydrogens is 892 g/mol. The molecular formula is C49H55ClN10O6S. The molecule has 18 heteroatoms. The molecule has 6 heterocycles. The Labute approximate surface area is 394 Å². The Morgan fingerprint density at radius 3 is 2.61 bits per heavy atom. The number of hydrogen-bond donors (Lipinski definition) is 3. The summed E-state index contributed by atoms with van der Waals surface area (Å²) in [5.74, 6) is -0.618. The lowest BCUT2D eigenvalue weighted by Gasteiger charge is -2.39. The third-order valence-corrected chi connectivity index (χ3v) is 15.7. The zero-order chi connectivity index (χ0) is 46.5. The Morgan fingerprint density at radius 2 is 1.84 bits per heavy atom. The predicted molar refractivity (Wildman–Crippen MR) is 261 cm³/mol. The molecule has 0 radical (unpaired) electrons. The van der Waals surface area contributed by atoms with E-state index in [2.05, 4.69) is 60.8 Å². The number of pyridine rings is 1. The molecule has 3 aromatic carbocycles. The summed E-state index contributed by atoms with van der Waals surface area (Å²) in [5.41, 5.74) is 7.37. The summed E-state index contributed by atoms with van der Waals surface area (Å²) in [6.07, 6.45) is 8.55. The second-order valence-corrected chi connectivity index (χ2v) is 21.3. The van der Waals surface area contributed by atoms with Crippen LogP contribution in [0.2, 0.25) is 5.02 Å². The SMILES string of the molecule is CC1(C)CCC(CN2CCN(c3ccc(C(=O)NS(=O)(=O)c4ccc(NCC5CCN(C6CCOC6)C5)c([N+](=O)[O-])c4)c(-n4[nH]cc5nc6nccc6cc54)c3)CC2)=C(c2ccc(Cl)cc2)C1. The minimum absolute atomic E-state index is 0.0740. The molecule has 6 aromatic rings. The number of aromatic amines is 1. The van der Waals surface area contributed by atoms with E-state index in [1.807, 2.05) is 36.4 Å². The van der Waals surface area contributed by atoms with E-state index in [0.717, 1.165) is 113 Å². The fraction of sp³-hybridized carbons (Fsp3) is 0.408. The third-order valence-electron chi connectivity index (χ3n) is 14.1. The van der Waals surface area contributed by atoms with Crippen LogP contribution in [0.5, 0.6) is 0 Å². The van der Waals surface area contributed by atoms with E-state index in [-0.39, 0.29) is 22.6 Å². The largest absolute Gasteiger partial charge is 0.380 e. The molecule has 0 spiro atoms. The highest BCUT2D eigenvalue weighted by Crippen LogP contribution is 2.43. The van der Waals surface area contributed by atoms with Gasteiger partial charge in [0.25, 0.3) is 21.6 Å². The van der Waals surface area contributed by atoms with Gasteiger partial charge >= 0.3 is 0 Å². The second-order valence-electron chi connectivity index (χ2n) is 19.2. The number of nitro groups is 1. The number of piperazine rings is 1. The summed E-state index contributed by atoms with van der Waals surface area (Å²) >= 11 is 6.27. The van der Waals surface area contributed by atoms with E-state index in [9.17, 15) is 23.3 Å². The lowest BCUT2D eigenvalue weighted by molar-refractivity contribution is -0.384. The Balaban J connectivity index is 0.885. The maximum Gasteiger partial charge on any atom is 0.293 e. The number of likely N-dealkylation sites (tertiary alicyclic amines) is 1. The van der Waals surface area contributed by atoms with Gasteiger partial charge in [-0.05, 0) is 116 Å². The van der Waals surface area contributed by atoms with Gasteiger partial charge in [0, 0.05) is 93.0 Å². The Bertz CT molecular complexity index is 2990. The number of allylic oxidation sites excluding steroid dienone is 1. The van der Waals surface area contributed by atoms with E-state index in [1.165, 1.54) is 28.8 Å². The minimum atomic E-state index is -4.57. The van der Waals surface area contributed by atoms with Crippen LogP contribution >= 0.6 is 11.6 Å². The number of amides is 1. The molecule has 3 saturated heterocycles. The molecule has 350 valence electrons. The van der Waals surface area contributed by atoms with Crippen LogP contribution in [0.4, 0.5) is 17.1 Å².